The number of benzene rings is 1. The molecule has 0 saturated carbocycles. The molecular formula is C12H17FIN3S. The van der Waals surface area contributed by atoms with Crippen molar-refractivity contribution in [2.24, 2.45) is 4.99 Å². The Hall–Kier alpha value is -0.500. The molecule has 1 heterocycles. The Morgan fingerprint density at radius 1 is 1.50 bits per heavy atom. The minimum Gasteiger partial charge on any atom is -0.356 e. The molecule has 0 fully saturated rings. The van der Waals surface area contributed by atoms with Gasteiger partial charge in [0.05, 0.1) is 0 Å². The summed E-state index contributed by atoms with van der Waals surface area (Å²) in [6.45, 7) is 2.40. The van der Waals surface area contributed by atoms with Crippen molar-refractivity contribution in [3.8, 4) is 0 Å². The molecule has 18 heavy (non-hydrogen) atoms. The minimum atomic E-state index is -0.196. The van der Waals surface area contributed by atoms with Crippen molar-refractivity contribution in [3.05, 3.63) is 29.6 Å². The molecule has 0 atom stereocenters. The molecule has 1 aromatic rings. The molecule has 2 N–H and O–H groups in total. The van der Waals surface area contributed by atoms with Crippen LogP contribution in [0.4, 0.5) is 4.39 Å². The second kappa shape index (κ2) is 7.83. The van der Waals surface area contributed by atoms with Crippen molar-refractivity contribution in [2.75, 3.05) is 19.3 Å². The first-order valence-corrected chi connectivity index (χ1v) is 6.86. The van der Waals surface area contributed by atoms with Gasteiger partial charge < -0.3 is 10.6 Å². The van der Waals surface area contributed by atoms with Crippen LogP contribution in [-0.2, 0) is 6.54 Å². The van der Waals surface area contributed by atoms with Gasteiger partial charge in [0.2, 0.25) is 0 Å². The lowest BCUT2D eigenvalue weighted by atomic mass is 10.2. The molecular weight excluding hydrogens is 364 g/mol. The standard InChI is InChI=1S/C12H16FN3S.HI/c1-17-11-4-3-10(13)7-9(11)8-16-12-14-5-2-6-15-12;/h3-4,7H,2,5-6,8H2,1H3,(H2,14,15,16);1H. The summed E-state index contributed by atoms with van der Waals surface area (Å²) >= 11 is 1.62. The molecule has 1 aliphatic rings. The molecule has 1 aromatic carbocycles. The predicted octanol–water partition coefficient (Wildman–Crippen LogP) is 2.60. The number of nitrogens with zero attached hydrogens (tertiary/aromatic N) is 1. The van der Waals surface area contributed by atoms with E-state index in [1.165, 1.54) is 6.07 Å². The molecule has 0 unspecified atom stereocenters. The average molecular weight is 381 g/mol. The van der Waals surface area contributed by atoms with Crippen LogP contribution in [0.25, 0.3) is 0 Å². The van der Waals surface area contributed by atoms with Crippen molar-refractivity contribution in [1.29, 1.82) is 0 Å². The number of thioether (sulfide) groups is 1. The Kier molecular flexibility index (Phi) is 6.77. The Balaban J connectivity index is 0.00000162. The molecule has 0 bridgehead atoms. The first kappa shape index (κ1) is 15.6. The average Bonchev–Trinajstić information content (AvgIpc) is 2.38. The van der Waals surface area contributed by atoms with Gasteiger partial charge in [0.1, 0.15) is 5.82 Å². The molecule has 3 nitrogen and oxygen atoms in total. The number of nitrogens with one attached hydrogen (secondary N) is 2. The van der Waals surface area contributed by atoms with Gasteiger partial charge in [0.15, 0.2) is 5.96 Å². The van der Waals surface area contributed by atoms with Gasteiger partial charge in [-0.3, -0.25) is 4.99 Å². The topological polar surface area (TPSA) is 36.4 Å². The summed E-state index contributed by atoms with van der Waals surface area (Å²) in [5.41, 5.74) is 0.965. The van der Waals surface area contributed by atoms with E-state index in [0.29, 0.717) is 6.54 Å². The molecule has 100 valence electrons. The van der Waals surface area contributed by atoms with Gasteiger partial charge in [-0.05, 0) is 36.4 Å². The normalized spacial score (nSPS) is 14.2. The van der Waals surface area contributed by atoms with Crippen LogP contribution in [0.5, 0.6) is 0 Å². The maximum absolute atomic E-state index is 13.2. The molecule has 0 spiro atoms. The third-order valence-electron chi connectivity index (χ3n) is 2.59. The van der Waals surface area contributed by atoms with E-state index in [0.717, 1.165) is 35.9 Å². The number of rotatable bonds is 3. The third kappa shape index (κ3) is 4.31. The fourth-order valence-electron chi connectivity index (χ4n) is 1.72. The van der Waals surface area contributed by atoms with Crippen molar-refractivity contribution in [2.45, 2.75) is 17.9 Å². The van der Waals surface area contributed by atoms with Gasteiger partial charge in [0.25, 0.3) is 0 Å². The summed E-state index contributed by atoms with van der Waals surface area (Å²) in [6.07, 6.45) is 3.06. The summed E-state index contributed by atoms with van der Waals surface area (Å²) in [5.74, 6) is 0.616. The second-order valence-electron chi connectivity index (χ2n) is 3.82. The van der Waals surface area contributed by atoms with Gasteiger partial charge >= 0.3 is 0 Å². The van der Waals surface area contributed by atoms with E-state index in [2.05, 4.69) is 15.6 Å². The summed E-state index contributed by atoms with van der Waals surface area (Å²) in [7, 11) is 0. The molecule has 1 aliphatic heterocycles. The van der Waals surface area contributed by atoms with E-state index in [9.17, 15) is 4.39 Å². The van der Waals surface area contributed by atoms with Crippen molar-refractivity contribution < 1.29 is 4.39 Å². The summed E-state index contributed by atoms with van der Waals surface area (Å²) in [5, 5.41) is 6.38. The number of hydrogen-bond acceptors (Lipinski definition) is 4. The molecule has 0 amide bonds. The number of aliphatic imine (C=N–C) groups is 1. The van der Waals surface area contributed by atoms with Gasteiger partial charge in [-0.1, -0.05) is 0 Å². The molecule has 0 radical (unpaired) electrons. The maximum Gasteiger partial charge on any atom is 0.191 e. The zero-order chi connectivity index (χ0) is 12.1. The number of hydrogen-bond donors (Lipinski definition) is 2. The quantitative estimate of drug-likeness (QED) is 0.624. The lowest BCUT2D eigenvalue weighted by Crippen LogP contribution is -2.40. The van der Waals surface area contributed by atoms with E-state index < -0.39 is 0 Å². The maximum atomic E-state index is 13.2. The smallest absolute Gasteiger partial charge is 0.191 e. The first-order chi connectivity index (χ1) is 8.29. The van der Waals surface area contributed by atoms with E-state index in [1.54, 1.807) is 17.8 Å². The molecule has 2 rings (SSSR count). The largest absolute Gasteiger partial charge is 0.356 e. The fraction of sp³-hybridized carbons (Fsp3) is 0.417. The monoisotopic (exact) mass is 381 g/mol. The van der Waals surface area contributed by atoms with Crippen LogP contribution in [0.1, 0.15) is 12.0 Å². The highest BCUT2D eigenvalue weighted by molar-refractivity contribution is 14.0. The minimum absolute atomic E-state index is 0. The lowest BCUT2D eigenvalue weighted by Gasteiger charge is -2.17. The van der Waals surface area contributed by atoms with Gasteiger partial charge in [-0.15, -0.1) is 35.7 Å². The predicted molar refractivity (Wildman–Crippen MR) is 85.4 cm³/mol. The summed E-state index contributed by atoms with van der Waals surface area (Å²) < 4.78 is 13.2. The molecule has 0 saturated heterocycles. The van der Waals surface area contributed by atoms with Gasteiger partial charge in [0, 0.05) is 24.5 Å². The first-order valence-electron chi connectivity index (χ1n) is 5.64. The number of guanidine groups is 1. The highest BCUT2D eigenvalue weighted by Gasteiger charge is 2.06. The van der Waals surface area contributed by atoms with E-state index in [1.807, 2.05) is 12.3 Å². The number of halogens is 2. The molecule has 6 heteroatoms. The van der Waals surface area contributed by atoms with Crippen LogP contribution in [0.3, 0.4) is 0 Å². The highest BCUT2D eigenvalue weighted by Crippen LogP contribution is 2.21. The molecule has 0 aliphatic carbocycles. The van der Waals surface area contributed by atoms with Crippen LogP contribution >= 0.6 is 35.7 Å². The van der Waals surface area contributed by atoms with Crippen LogP contribution in [-0.4, -0.2) is 25.3 Å². The van der Waals surface area contributed by atoms with Crippen molar-refractivity contribution in [3.63, 3.8) is 0 Å². The van der Waals surface area contributed by atoms with E-state index in [-0.39, 0.29) is 29.8 Å². The van der Waals surface area contributed by atoms with Gasteiger partial charge in [-0.25, -0.2) is 4.39 Å². The highest BCUT2D eigenvalue weighted by atomic mass is 127. The SMILES string of the molecule is CSc1ccc(F)cc1CNC1=NCCCN1.I. The Morgan fingerprint density at radius 2 is 2.33 bits per heavy atom. The van der Waals surface area contributed by atoms with E-state index in [4.69, 9.17) is 0 Å². The Labute approximate surface area is 128 Å². The Bertz CT molecular complexity index is 426. The summed E-state index contributed by atoms with van der Waals surface area (Å²) in [4.78, 5) is 5.41. The van der Waals surface area contributed by atoms with Crippen LogP contribution in [0.2, 0.25) is 0 Å². The van der Waals surface area contributed by atoms with Crippen LogP contribution in [0.15, 0.2) is 28.1 Å². The van der Waals surface area contributed by atoms with Crippen molar-refractivity contribution in [1.82, 2.24) is 10.6 Å². The van der Waals surface area contributed by atoms with Gasteiger partial charge in [-0.2, -0.15) is 0 Å². The van der Waals surface area contributed by atoms with E-state index >= 15 is 0 Å². The van der Waals surface area contributed by atoms with Crippen molar-refractivity contribution >= 4 is 41.7 Å². The molecule has 0 aromatic heterocycles. The third-order valence-corrected chi connectivity index (χ3v) is 3.42. The summed E-state index contributed by atoms with van der Waals surface area (Å²) in [6, 6.07) is 4.88. The van der Waals surface area contributed by atoms with Crippen LogP contribution < -0.4 is 10.6 Å². The zero-order valence-electron chi connectivity index (χ0n) is 10.2. The lowest BCUT2D eigenvalue weighted by molar-refractivity contribution is 0.621. The fourth-order valence-corrected chi connectivity index (χ4v) is 2.31. The Morgan fingerprint density at radius 3 is 3.00 bits per heavy atom. The zero-order valence-corrected chi connectivity index (χ0v) is 13.3. The van der Waals surface area contributed by atoms with Crippen LogP contribution in [0, 0.1) is 5.82 Å². The second-order valence-corrected chi connectivity index (χ2v) is 4.67.